The molecule has 3 aromatic carbocycles. The third-order valence-electron chi connectivity index (χ3n) is 4.52. The molecule has 1 aromatic heterocycles. The predicted octanol–water partition coefficient (Wildman–Crippen LogP) is 4.34. The molecule has 0 aliphatic rings. The zero-order valence-corrected chi connectivity index (χ0v) is 17.3. The fourth-order valence-corrected chi connectivity index (χ4v) is 5.04. The van der Waals surface area contributed by atoms with Crippen LogP contribution in [0.25, 0.3) is 27.8 Å². The molecule has 0 amide bonds. The quantitative estimate of drug-likeness (QED) is 0.448. The van der Waals surface area contributed by atoms with E-state index in [1.807, 2.05) is 30.6 Å². The van der Waals surface area contributed by atoms with Crippen LogP contribution >= 0.6 is 0 Å². The Bertz CT molecular complexity index is 1110. The Hall–Kier alpha value is -2.58. The maximum atomic E-state index is 13.8. The van der Waals surface area contributed by atoms with Crippen molar-refractivity contribution in [3.8, 4) is 22.6 Å². The number of hydrogen-bond acceptors (Lipinski definition) is 2. The van der Waals surface area contributed by atoms with E-state index in [0.717, 1.165) is 27.8 Å². The number of hydrogen-bond donors (Lipinski definition) is 0. The first-order valence-electron chi connectivity index (χ1n) is 8.85. The van der Waals surface area contributed by atoms with Crippen molar-refractivity contribution in [2.24, 2.45) is 0 Å². The first-order valence-corrected chi connectivity index (χ1v) is 11.4. The van der Waals surface area contributed by atoms with Crippen LogP contribution in [-0.4, -0.2) is 32.4 Å². The summed E-state index contributed by atoms with van der Waals surface area (Å²) in [6.45, 7) is 2.23. The molecule has 0 bridgehead atoms. The minimum absolute atomic E-state index is 0.0695. The van der Waals surface area contributed by atoms with Gasteiger partial charge in [0.25, 0.3) is 0 Å². The van der Waals surface area contributed by atoms with Crippen molar-refractivity contribution in [2.75, 3.05) is 7.11 Å². The molecule has 0 spiro atoms. The van der Waals surface area contributed by atoms with Crippen LogP contribution in [0.15, 0.2) is 67.0 Å². The Morgan fingerprint density at radius 1 is 1.07 bits per heavy atom. The molecule has 0 radical (unpaired) electrons. The molecule has 0 saturated heterocycles. The van der Waals surface area contributed by atoms with E-state index in [-0.39, 0.29) is 21.6 Å². The Labute approximate surface area is 164 Å². The van der Waals surface area contributed by atoms with E-state index < -0.39 is 0 Å². The van der Waals surface area contributed by atoms with E-state index in [9.17, 15) is 4.39 Å². The molecule has 0 aliphatic carbocycles. The third-order valence-corrected chi connectivity index (χ3v) is 6.78. The molecule has 27 heavy (non-hydrogen) atoms. The van der Waals surface area contributed by atoms with Crippen molar-refractivity contribution in [3.63, 3.8) is 0 Å². The predicted molar refractivity (Wildman–Crippen MR) is 110 cm³/mol. The first kappa shape index (κ1) is 17.8. The number of methoxy groups -OCH3 is 1. The number of aromatic nitrogens is 2. The normalized spacial score (nSPS) is 11.5. The van der Waals surface area contributed by atoms with Crippen LogP contribution in [0, 0.1) is 5.82 Å². The van der Waals surface area contributed by atoms with Crippen molar-refractivity contribution in [1.82, 2.24) is 9.55 Å². The number of imidazole rings is 1. The average Bonchev–Trinajstić information content (AvgIpc) is 3.11. The molecule has 1 heterocycles. The summed E-state index contributed by atoms with van der Waals surface area (Å²) < 4.78 is 22.7. The summed E-state index contributed by atoms with van der Waals surface area (Å²) in [7, 11) is 1.60. The topological polar surface area (TPSA) is 27.1 Å². The Morgan fingerprint density at radius 3 is 2.78 bits per heavy atom. The summed E-state index contributed by atoms with van der Waals surface area (Å²) in [5.74, 6) is 0.370. The number of rotatable bonds is 5. The number of benzene rings is 3. The summed E-state index contributed by atoms with van der Waals surface area (Å²) in [5.41, 5.74) is 4.71. The standard InChI is InChI=1S/C22H20AsFN2O/c1-3-23-16-7-9-21-20(12-16)25-14-26(21)18-6-4-5-15(11-18)19-13-17(24)8-10-22(19)27-2/h4-14,23H,3H2,1-2H3. The van der Waals surface area contributed by atoms with Crippen LogP contribution < -0.4 is 9.09 Å². The molecule has 0 N–H and O–H groups in total. The summed E-state index contributed by atoms with van der Waals surface area (Å²) in [5, 5.41) is 1.24. The van der Waals surface area contributed by atoms with Crippen molar-refractivity contribution < 1.29 is 9.13 Å². The van der Waals surface area contributed by atoms with Crippen LogP contribution in [-0.2, 0) is 0 Å². The van der Waals surface area contributed by atoms with Gasteiger partial charge >= 0.3 is 164 Å². The molecule has 4 aromatic rings. The first-order chi connectivity index (χ1) is 13.2. The summed E-state index contributed by atoms with van der Waals surface area (Å²) in [6, 6.07) is 19.1. The van der Waals surface area contributed by atoms with Crippen LogP contribution in [0.3, 0.4) is 0 Å². The Morgan fingerprint density at radius 2 is 1.96 bits per heavy atom. The van der Waals surface area contributed by atoms with Crippen molar-refractivity contribution in [1.29, 1.82) is 0 Å². The van der Waals surface area contributed by atoms with Gasteiger partial charge in [-0.2, -0.15) is 0 Å². The Kier molecular flexibility index (Phi) is 5.00. The zero-order chi connectivity index (χ0) is 18.8. The monoisotopic (exact) mass is 422 g/mol. The third kappa shape index (κ3) is 3.50. The maximum absolute atomic E-state index is 13.8. The van der Waals surface area contributed by atoms with Crippen molar-refractivity contribution in [2.45, 2.75) is 12.1 Å². The molecule has 3 nitrogen and oxygen atoms in total. The van der Waals surface area contributed by atoms with E-state index in [4.69, 9.17) is 4.74 Å². The summed E-state index contributed by atoms with van der Waals surface area (Å²) in [6.07, 6.45) is 1.85. The van der Waals surface area contributed by atoms with Gasteiger partial charge in [0.05, 0.1) is 0 Å². The van der Waals surface area contributed by atoms with E-state index in [1.54, 1.807) is 13.2 Å². The summed E-state index contributed by atoms with van der Waals surface area (Å²) in [4.78, 5) is 4.59. The minimum atomic E-state index is -0.281. The van der Waals surface area contributed by atoms with Gasteiger partial charge in [0.2, 0.25) is 0 Å². The van der Waals surface area contributed by atoms with Crippen molar-refractivity contribution in [3.05, 3.63) is 72.8 Å². The molecular weight excluding hydrogens is 402 g/mol. The van der Waals surface area contributed by atoms with Gasteiger partial charge < -0.3 is 0 Å². The van der Waals surface area contributed by atoms with Gasteiger partial charge in [0.1, 0.15) is 0 Å². The molecule has 0 fully saturated rings. The van der Waals surface area contributed by atoms with Gasteiger partial charge in [-0.15, -0.1) is 0 Å². The fraction of sp³-hybridized carbons (Fsp3) is 0.136. The van der Waals surface area contributed by atoms with Gasteiger partial charge in [0, 0.05) is 0 Å². The molecular formula is C22H20AsFN2O. The van der Waals surface area contributed by atoms with E-state index in [2.05, 4.69) is 34.7 Å². The van der Waals surface area contributed by atoms with Crippen LogP contribution in [0.4, 0.5) is 4.39 Å². The Balaban J connectivity index is 1.80. The zero-order valence-electron chi connectivity index (χ0n) is 15.2. The molecule has 4 rings (SSSR count). The molecule has 136 valence electrons. The second-order valence-corrected chi connectivity index (χ2v) is 9.68. The van der Waals surface area contributed by atoms with Crippen LogP contribution in [0.1, 0.15) is 6.92 Å². The molecule has 1 unspecified atom stereocenters. The van der Waals surface area contributed by atoms with Gasteiger partial charge in [-0.1, -0.05) is 0 Å². The molecule has 0 aliphatic heterocycles. The summed E-state index contributed by atoms with van der Waals surface area (Å²) >= 11 is -0.0695. The van der Waals surface area contributed by atoms with Gasteiger partial charge in [-0.3, -0.25) is 0 Å². The van der Waals surface area contributed by atoms with Crippen molar-refractivity contribution >= 4 is 31.1 Å². The number of ether oxygens (including phenoxy) is 1. The van der Waals surface area contributed by atoms with E-state index in [1.165, 1.54) is 21.7 Å². The SMILES string of the molecule is CC[AsH]c1ccc2c(c1)ncn2-c1cccc(-c2cc(F)ccc2OC)c1. The van der Waals surface area contributed by atoms with Gasteiger partial charge in [0.15, 0.2) is 0 Å². The molecule has 0 saturated carbocycles. The second-order valence-electron chi connectivity index (χ2n) is 6.24. The molecule has 1 atom stereocenters. The van der Waals surface area contributed by atoms with Crippen LogP contribution in [0.5, 0.6) is 5.75 Å². The number of fused-ring (bicyclic) bond motifs is 1. The van der Waals surface area contributed by atoms with E-state index in [0.29, 0.717) is 5.75 Å². The second kappa shape index (κ2) is 7.57. The number of halogens is 1. The molecule has 5 heteroatoms. The fourth-order valence-electron chi connectivity index (χ4n) is 3.26. The van der Waals surface area contributed by atoms with Crippen LogP contribution in [0.2, 0.25) is 5.21 Å². The number of nitrogens with zero attached hydrogens (tertiary/aromatic N) is 2. The van der Waals surface area contributed by atoms with Gasteiger partial charge in [-0.05, 0) is 0 Å². The van der Waals surface area contributed by atoms with E-state index >= 15 is 0 Å². The van der Waals surface area contributed by atoms with Gasteiger partial charge in [-0.25, -0.2) is 0 Å². The average molecular weight is 422 g/mol.